The van der Waals surface area contributed by atoms with Crippen molar-refractivity contribution in [1.82, 2.24) is 4.98 Å². The van der Waals surface area contributed by atoms with Crippen LogP contribution in [0, 0.1) is 19.7 Å². The summed E-state index contributed by atoms with van der Waals surface area (Å²) >= 11 is 1.36. The third kappa shape index (κ3) is 3.49. The van der Waals surface area contributed by atoms with Gasteiger partial charge >= 0.3 is 0 Å². The minimum atomic E-state index is -0.867. The van der Waals surface area contributed by atoms with Crippen molar-refractivity contribution < 1.29 is 23.1 Å². The molecule has 0 aliphatic carbocycles. The molecule has 0 radical (unpaired) electrons. The summed E-state index contributed by atoms with van der Waals surface area (Å²) < 4.78 is 31.8. The molecule has 3 heterocycles. The number of anilines is 1. The maximum Gasteiger partial charge on any atom is 0.297 e. The Morgan fingerprint density at radius 3 is 2.54 bits per heavy atom. The third-order valence-corrected chi connectivity index (χ3v) is 7.58. The lowest BCUT2D eigenvalue weighted by molar-refractivity contribution is 0.0971. The zero-order valence-electron chi connectivity index (χ0n) is 20.4. The summed E-state index contributed by atoms with van der Waals surface area (Å²) in [6, 6.07) is 12.1. The topological polar surface area (TPSA) is 81.9 Å². The molecular weight excluding hydrogens is 495 g/mol. The van der Waals surface area contributed by atoms with Gasteiger partial charge in [-0.25, -0.2) is 9.37 Å². The molecule has 1 aliphatic rings. The molecule has 0 saturated carbocycles. The number of carbonyl (C=O) groups is 1. The van der Waals surface area contributed by atoms with Crippen molar-refractivity contribution in [1.29, 1.82) is 0 Å². The number of thiazole rings is 1. The highest BCUT2D eigenvalue weighted by atomic mass is 32.1. The summed E-state index contributed by atoms with van der Waals surface area (Å²) in [4.78, 5) is 33.9. The van der Waals surface area contributed by atoms with Crippen LogP contribution in [0.3, 0.4) is 0 Å². The number of aryl methyl sites for hydroxylation is 2. The van der Waals surface area contributed by atoms with Crippen LogP contribution in [0.4, 0.5) is 9.52 Å². The van der Waals surface area contributed by atoms with Crippen molar-refractivity contribution >= 4 is 43.6 Å². The normalized spacial score (nSPS) is 15.0. The van der Waals surface area contributed by atoms with Gasteiger partial charge in [-0.15, -0.1) is 0 Å². The number of aromatic nitrogens is 1. The van der Waals surface area contributed by atoms with Gasteiger partial charge in [0.1, 0.15) is 11.4 Å². The first-order chi connectivity index (χ1) is 17.8. The molecule has 1 amide bonds. The fraction of sp³-hybridized carbons (Fsp3) is 0.179. The highest BCUT2D eigenvalue weighted by molar-refractivity contribution is 7.22. The van der Waals surface area contributed by atoms with E-state index in [9.17, 15) is 14.0 Å². The van der Waals surface area contributed by atoms with E-state index in [-0.39, 0.29) is 22.3 Å². The molecule has 0 N–H and O–H groups in total. The minimum Gasteiger partial charge on any atom is -0.493 e. The van der Waals surface area contributed by atoms with Crippen molar-refractivity contribution in [3.8, 4) is 11.5 Å². The number of halogens is 1. The lowest BCUT2D eigenvalue weighted by Crippen LogP contribution is -2.29. The lowest BCUT2D eigenvalue weighted by Gasteiger charge is -2.23. The maximum absolute atomic E-state index is 14.1. The molecule has 1 atom stereocenters. The Morgan fingerprint density at radius 2 is 1.78 bits per heavy atom. The van der Waals surface area contributed by atoms with Crippen LogP contribution in [0.15, 0.2) is 57.7 Å². The molecule has 9 heteroatoms. The van der Waals surface area contributed by atoms with Crippen LogP contribution in [-0.2, 0) is 0 Å². The van der Waals surface area contributed by atoms with Gasteiger partial charge in [0.15, 0.2) is 22.1 Å². The van der Waals surface area contributed by atoms with E-state index < -0.39 is 23.2 Å². The average Bonchev–Trinajstić information content (AvgIpc) is 3.43. The number of amides is 1. The van der Waals surface area contributed by atoms with Gasteiger partial charge in [-0.1, -0.05) is 23.5 Å². The Bertz CT molecular complexity index is 1810. The Balaban J connectivity index is 1.65. The third-order valence-electron chi connectivity index (χ3n) is 6.58. The Labute approximate surface area is 214 Å². The molecule has 0 saturated heterocycles. The number of hydrogen-bond acceptors (Lipinski definition) is 7. The van der Waals surface area contributed by atoms with Crippen LogP contribution in [0.5, 0.6) is 11.5 Å². The molecule has 5 aromatic rings. The monoisotopic (exact) mass is 516 g/mol. The van der Waals surface area contributed by atoms with Gasteiger partial charge in [0, 0.05) is 0 Å². The second-order valence-electron chi connectivity index (χ2n) is 8.93. The van der Waals surface area contributed by atoms with E-state index >= 15 is 0 Å². The van der Waals surface area contributed by atoms with Gasteiger partial charge in [-0.05, 0) is 66.9 Å². The van der Waals surface area contributed by atoms with Crippen LogP contribution < -0.4 is 19.8 Å². The van der Waals surface area contributed by atoms with Gasteiger partial charge < -0.3 is 13.9 Å². The number of hydrogen-bond donors (Lipinski definition) is 0. The smallest absolute Gasteiger partial charge is 0.297 e. The summed E-state index contributed by atoms with van der Waals surface area (Å²) in [5, 5.41) is 0.490. The first-order valence-corrected chi connectivity index (χ1v) is 12.3. The van der Waals surface area contributed by atoms with Crippen molar-refractivity contribution in [2.45, 2.75) is 19.9 Å². The first kappa shape index (κ1) is 23.2. The largest absolute Gasteiger partial charge is 0.493 e. The van der Waals surface area contributed by atoms with E-state index in [1.807, 2.05) is 26.0 Å². The molecule has 6 rings (SSSR count). The predicted octanol–water partition coefficient (Wildman–Crippen LogP) is 5.93. The summed E-state index contributed by atoms with van der Waals surface area (Å²) in [5.74, 6) is -0.211. The zero-order valence-corrected chi connectivity index (χ0v) is 21.2. The number of fused-ring (bicyclic) bond motifs is 3. The number of methoxy groups -OCH3 is 2. The van der Waals surface area contributed by atoms with E-state index in [4.69, 9.17) is 18.9 Å². The highest BCUT2D eigenvalue weighted by Gasteiger charge is 2.45. The fourth-order valence-corrected chi connectivity index (χ4v) is 6.11. The van der Waals surface area contributed by atoms with E-state index in [0.717, 1.165) is 27.4 Å². The second kappa shape index (κ2) is 8.41. The molecule has 186 valence electrons. The highest BCUT2D eigenvalue weighted by Crippen LogP contribution is 2.45. The summed E-state index contributed by atoms with van der Waals surface area (Å²) in [6.45, 7) is 3.97. The number of rotatable bonds is 4. The molecule has 1 aliphatic heterocycles. The SMILES string of the molecule is COc1ccc([C@H]2c3c(oc4ccc(F)cc4c3=O)C(=O)N2c2nc3c(C)cc(C)cc3s2)cc1OC. The van der Waals surface area contributed by atoms with Gasteiger partial charge in [0.2, 0.25) is 5.76 Å². The van der Waals surface area contributed by atoms with Crippen molar-refractivity contribution in [2.24, 2.45) is 0 Å². The molecule has 0 bridgehead atoms. The Hall–Kier alpha value is -4.24. The molecule has 37 heavy (non-hydrogen) atoms. The van der Waals surface area contributed by atoms with Gasteiger partial charge in [-0.2, -0.15) is 0 Å². The van der Waals surface area contributed by atoms with Crippen LogP contribution >= 0.6 is 11.3 Å². The number of benzene rings is 3. The van der Waals surface area contributed by atoms with E-state index in [2.05, 4.69) is 0 Å². The average molecular weight is 517 g/mol. The maximum atomic E-state index is 14.1. The quantitative estimate of drug-likeness (QED) is 0.295. The predicted molar refractivity (Wildman–Crippen MR) is 140 cm³/mol. The Kier molecular flexibility index (Phi) is 5.27. The van der Waals surface area contributed by atoms with Gasteiger partial charge in [0.25, 0.3) is 5.91 Å². The molecule has 0 unspecified atom stereocenters. The van der Waals surface area contributed by atoms with Crippen molar-refractivity contribution in [3.05, 3.63) is 92.6 Å². The van der Waals surface area contributed by atoms with Crippen LogP contribution in [0.25, 0.3) is 21.2 Å². The zero-order chi connectivity index (χ0) is 26.0. The van der Waals surface area contributed by atoms with Crippen molar-refractivity contribution in [3.63, 3.8) is 0 Å². The van der Waals surface area contributed by atoms with E-state index in [1.54, 1.807) is 18.2 Å². The first-order valence-electron chi connectivity index (χ1n) is 11.5. The van der Waals surface area contributed by atoms with Crippen molar-refractivity contribution in [2.75, 3.05) is 19.1 Å². The van der Waals surface area contributed by atoms with Crippen LogP contribution in [0.1, 0.15) is 38.9 Å². The molecule has 3 aromatic carbocycles. The second-order valence-corrected chi connectivity index (χ2v) is 9.94. The number of nitrogens with zero attached hydrogens (tertiary/aromatic N) is 2. The minimum absolute atomic E-state index is 0.0645. The van der Waals surface area contributed by atoms with Crippen LogP contribution in [0.2, 0.25) is 0 Å². The summed E-state index contributed by atoms with van der Waals surface area (Å²) in [6.07, 6.45) is 0. The molecule has 2 aromatic heterocycles. The molecule has 7 nitrogen and oxygen atoms in total. The van der Waals surface area contributed by atoms with Gasteiger partial charge in [-0.3, -0.25) is 14.5 Å². The van der Waals surface area contributed by atoms with E-state index in [1.165, 1.54) is 42.6 Å². The van der Waals surface area contributed by atoms with Crippen LogP contribution in [-0.4, -0.2) is 25.1 Å². The number of ether oxygens (including phenoxy) is 2. The fourth-order valence-electron chi connectivity index (χ4n) is 4.94. The standard InChI is InChI=1S/C28H21FN2O5S/c1-13-9-14(2)23-21(10-13)37-28(30-23)31-24(15-5-7-19(34-3)20(11-15)35-4)22-25(32)17-12-16(29)6-8-18(17)36-26(22)27(31)33/h5-12,24H,1-4H3/t24-/m0/s1. The Morgan fingerprint density at radius 1 is 1.00 bits per heavy atom. The molecular formula is C28H21FN2O5S. The molecule has 0 fully saturated rings. The van der Waals surface area contributed by atoms with Gasteiger partial charge in [0.05, 0.1) is 41.4 Å². The summed E-state index contributed by atoms with van der Waals surface area (Å²) in [7, 11) is 3.04. The molecule has 0 spiro atoms. The number of carbonyl (C=O) groups excluding carboxylic acids is 1. The summed E-state index contributed by atoms with van der Waals surface area (Å²) in [5.41, 5.74) is 3.24. The van der Waals surface area contributed by atoms with E-state index in [0.29, 0.717) is 22.2 Å². The lowest BCUT2D eigenvalue weighted by atomic mass is 9.98.